The van der Waals surface area contributed by atoms with E-state index in [2.05, 4.69) is 12.2 Å². The number of hydrogen-bond acceptors (Lipinski definition) is 1. The Balaban J connectivity index is 2.70. The summed E-state index contributed by atoms with van der Waals surface area (Å²) in [5, 5.41) is 3.21. The SMILES string of the molecule is CCCNC(CCC(F)(F)F)c1ccc(CCC)cc1. The molecule has 0 bridgehead atoms. The molecule has 0 aromatic heterocycles. The van der Waals surface area contributed by atoms with Crippen LogP contribution in [0.2, 0.25) is 0 Å². The molecular weight excluding hydrogens is 263 g/mol. The average molecular weight is 287 g/mol. The molecule has 0 spiro atoms. The summed E-state index contributed by atoms with van der Waals surface area (Å²) in [7, 11) is 0. The number of rotatable bonds is 8. The number of alkyl halides is 3. The van der Waals surface area contributed by atoms with Crippen molar-refractivity contribution in [2.75, 3.05) is 6.54 Å². The second-order valence-corrected chi connectivity index (χ2v) is 5.15. The standard InChI is InChI=1S/C16H24F3N/c1-3-5-13-6-8-14(9-7-13)15(20-12-4-2)10-11-16(17,18)19/h6-9,15,20H,3-5,10-12H2,1-2H3. The van der Waals surface area contributed by atoms with Gasteiger partial charge in [0, 0.05) is 12.5 Å². The Morgan fingerprint density at radius 3 is 2.20 bits per heavy atom. The Hall–Kier alpha value is -1.03. The maximum absolute atomic E-state index is 12.4. The fraction of sp³-hybridized carbons (Fsp3) is 0.625. The highest BCUT2D eigenvalue weighted by Crippen LogP contribution is 2.27. The minimum atomic E-state index is -4.09. The lowest BCUT2D eigenvalue weighted by Gasteiger charge is -2.20. The number of hydrogen-bond donors (Lipinski definition) is 1. The molecule has 0 saturated heterocycles. The summed E-state index contributed by atoms with van der Waals surface area (Å²) in [5.41, 5.74) is 2.18. The van der Waals surface area contributed by atoms with E-state index in [1.807, 2.05) is 31.2 Å². The van der Waals surface area contributed by atoms with Gasteiger partial charge in [0.2, 0.25) is 0 Å². The highest BCUT2D eigenvalue weighted by molar-refractivity contribution is 5.25. The Morgan fingerprint density at radius 2 is 1.70 bits per heavy atom. The lowest BCUT2D eigenvalue weighted by molar-refractivity contribution is -0.136. The normalized spacial score (nSPS) is 13.4. The van der Waals surface area contributed by atoms with Gasteiger partial charge in [-0.2, -0.15) is 13.2 Å². The summed E-state index contributed by atoms with van der Waals surface area (Å²) >= 11 is 0. The fourth-order valence-corrected chi connectivity index (χ4v) is 2.22. The number of aryl methyl sites for hydroxylation is 1. The van der Waals surface area contributed by atoms with Crippen molar-refractivity contribution < 1.29 is 13.2 Å². The summed E-state index contributed by atoms with van der Waals surface area (Å²) in [6, 6.07) is 7.73. The van der Waals surface area contributed by atoms with E-state index in [0.717, 1.165) is 31.4 Å². The van der Waals surface area contributed by atoms with Crippen molar-refractivity contribution in [1.29, 1.82) is 0 Å². The van der Waals surface area contributed by atoms with Crippen LogP contribution >= 0.6 is 0 Å². The van der Waals surface area contributed by atoms with Crippen LogP contribution < -0.4 is 5.32 Å². The third-order valence-electron chi connectivity index (χ3n) is 3.28. The number of benzene rings is 1. The maximum Gasteiger partial charge on any atom is 0.389 e. The van der Waals surface area contributed by atoms with Crippen molar-refractivity contribution in [1.82, 2.24) is 5.32 Å². The minimum absolute atomic E-state index is 0.0939. The highest BCUT2D eigenvalue weighted by Gasteiger charge is 2.28. The van der Waals surface area contributed by atoms with Crippen molar-refractivity contribution in [3.63, 3.8) is 0 Å². The molecule has 0 fully saturated rings. The van der Waals surface area contributed by atoms with Gasteiger partial charge in [0.25, 0.3) is 0 Å². The van der Waals surface area contributed by atoms with Gasteiger partial charge in [0.05, 0.1) is 0 Å². The van der Waals surface area contributed by atoms with Gasteiger partial charge in [-0.25, -0.2) is 0 Å². The Bertz CT molecular complexity index is 370. The third-order valence-corrected chi connectivity index (χ3v) is 3.28. The molecule has 114 valence electrons. The predicted octanol–water partition coefficient (Wildman–Crippen LogP) is 5.02. The molecule has 1 rings (SSSR count). The maximum atomic E-state index is 12.4. The molecule has 1 atom stereocenters. The number of nitrogens with one attached hydrogen (secondary N) is 1. The van der Waals surface area contributed by atoms with Crippen molar-refractivity contribution in [3.8, 4) is 0 Å². The van der Waals surface area contributed by atoms with Crippen LogP contribution in [0.4, 0.5) is 13.2 Å². The molecule has 0 aliphatic rings. The molecule has 0 heterocycles. The Labute approximate surface area is 119 Å². The molecule has 0 saturated carbocycles. The zero-order chi connectivity index (χ0) is 15.0. The van der Waals surface area contributed by atoms with E-state index < -0.39 is 12.6 Å². The molecule has 0 aliphatic heterocycles. The fourth-order valence-electron chi connectivity index (χ4n) is 2.22. The van der Waals surface area contributed by atoms with Crippen LogP contribution in [0.15, 0.2) is 24.3 Å². The molecule has 4 heteroatoms. The first kappa shape index (κ1) is 17.0. The predicted molar refractivity (Wildman–Crippen MR) is 76.8 cm³/mol. The zero-order valence-electron chi connectivity index (χ0n) is 12.3. The largest absolute Gasteiger partial charge is 0.389 e. The topological polar surface area (TPSA) is 12.0 Å². The van der Waals surface area contributed by atoms with Gasteiger partial charge in [0.1, 0.15) is 0 Å². The summed E-state index contributed by atoms with van der Waals surface area (Å²) in [5.74, 6) is 0. The lowest BCUT2D eigenvalue weighted by Crippen LogP contribution is -2.24. The molecule has 1 aromatic rings. The van der Waals surface area contributed by atoms with E-state index in [4.69, 9.17) is 0 Å². The molecule has 1 nitrogen and oxygen atoms in total. The lowest BCUT2D eigenvalue weighted by atomic mass is 9.99. The van der Waals surface area contributed by atoms with E-state index >= 15 is 0 Å². The van der Waals surface area contributed by atoms with Crippen LogP contribution in [0.25, 0.3) is 0 Å². The minimum Gasteiger partial charge on any atom is -0.310 e. The second-order valence-electron chi connectivity index (χ2n) is 5.15. The van der Waals surface area contributed by atoms with E-state index in [9.17, 15) is 13.2 Å². The van der Waals surface area contributed by atoms with Crippen LogP contribution in [-0.2, 0) is 6.42 Å². The van der Waals surface area contributed by atoms with Crippen LogP contribution in [0, 0.1) is 0 Å². The third kappa shape index (κ3) is 6.42. The summed E-state index contributed by atoms with van der Waals surface area (Å²) in [6.07, 6.45) is -1.74. The average Bonchev–Trinajstić information content (AvgIpc) is 2.39. The van der Waals surface area contributed by atoms with Gasteiger partial charge in [-0.15, -0.1) is 0 Å². The second kappa shape index (κ2) is 8.30. The van der Waals surface area contributed by atoms with Crippen LogP contribution in [0.3, 0.4) is 0 Å². The molecule has 0 amide bonds. The van der Waals surface area contributed by atoms with Gasteiger partial charge in [-0.05, 0) is 36.9 Å². The summed E-state index contributed by atoms with van der Waals surface area (Å²) < 4.78 is 37.2. The van der Waals surface area contributed by atoms with Crippen molar-refractivity contribution in [2.45, 2.75) is 58.2 Å². The molecular formula is C16H24F3N. The smallest absolute Gasteiger partial charge is 0.310 e. The zero-order valence-corrected chi connectivity index (χ0v) is 12.3. The first-order chi connectivity index (χ1) is 9.46. The summed E-state index contributed by atoms with van der Waals surface area (Å²) in [6.45, 7) is 4.86. The summed E-state index contributed by atoms with van der Waals surface area (Å²) in [4.78, 5) is 0. The van der Waals surface area contributed by atoms with Crippen LogP contribution in [0.5, 0.6) is 0 Å². The van der Waals surface area contributed by atoms with Gasteiger partial charge >= 0.3 is 6.18 Å². The van der Waals surface area contributed by atoms with Crippen molar-refractivity contribution >= 4 is 0 Å². The first-order valence-corrected chi connectivity index (χ1v) is 7.35. The van der Waals surface area contributed by atoms with Gasteiger partial charge in [0.15, 0.2) is 0 Å². The van der Waals surface area contributed by atoms with Gasteiger partial charge in [-0.3, -0.25) is 0 Å². The Morgan fingerprint density at radius 1 is 1.05 bits per heavy atom. The van der Waals surface area contributed by atoms with Crippen LogP contribution in [0.1, 0.15) is 56.7 Å². The van der Waals surface area contributed by atoms with E-state index in [0.29, 0.717) is 0 Å². The molecule has 0 radical (unpaired) electrons. The van der Waals surface area contributed by atoms with Crippen molar-refractivity contribution in [2.24, 2.45) is 0 Å². The van der Waals surface area contributed by atoms with E-state index in [1.165, 1.54) is 5.56 Å². The van der Waals surface area contributed by atoms with Crippen molar-refractivity contribution in [3.05, 3.63) is 35.4 Å². The molecule has 1 unspecified atom stereocenters. The molecule has 0 aliphatic carbocycles. The molecule has 20 heavy (non-hydrogen) atoms. The van der Waals surface area contributed by atoms with E-state index in [1.54, 1.807) is 0 Å². The van der Waals surface area contributed by atoms with Gasteiger partial charge < -0.3 is 5.32 Å². The molecule has 1 N–H and O–H groups in total. The Kier molecular flexibility index (Phi) is 7.06. The van der Waals surface area contributed by atoms with E-state index in [-0.39, 0.29) is 12.5 Å². The van der Waals surface area contributed by atoms with Crippen LogP contribution in [-0.4, -0.2) is 12.7 Å². The quantitative estimate of drug-likeness (QED) is 0.707. The van der Waals surface area contributed by atoms with Gasteiger partial charge in [-0.1, -0.05) is 44.5 Å². The number of halogens is 3. The first-order valence-electron chi connectivity index (χ1n) is 7.35. The monoisotopic (exact) mass is 287 g/mol. The molecule has 1 aromatic carbocycles. The highest BCUT2D eigenvalue weighted by atomic mass is 19.4.